The molecule has 1 aromatic rings. The molecule has 2 aliphatic rings. The summed E-state index contributed by atoms with van der Waals surface area (Å²) in [7, 11) is 0. The van der Waals surface area contributed by atoms with E-state index in [-0.39, 0.29) is 5.41 Å². The normalized spacial score (nSPS) is 20.9. The molecule has 0 saturated carbocycles. The minimum absolute atomic E-state index is 0.0328. The summed E-state index contributed by atoms with van der Waals surface area (Å²) in [5.41, 5.74) is 2.25. The zero-order chi connectivity index (χ0) is 12.6. The summed E-state index contributed by atoms with van der Waals surface area (Å²) in [6.45, 7) is 1.21. The van der Waals surface area contributed by atoms with Crippen LogP contribution in [0.15, 0.2) is 29.3 Å². The summed E-state index contributed by atoms with van der Waals surface area (Å²) in [6, 6.07) is 8.13. The van der Waals surface area contributed by atoms with Gasteiger partial charge >= 0.3 is 6.16 Å². The average molecular weight is 246 g/mol. The van der Waals surface area contributed by atoms with Crippen LogP contribution in [0, 0.1) is 0 Å². The molecule has 1 saturated heterocycles. The fourth-order valence-electron chi connectivity index (χ4n) is 2.76. The van der Waals surface area contributed by atoms with Gasteiger partial charge in [-0.2, -0.15) is 0 Å². The Kier molecular flexibility index (Phi) is 2.56. The zero-order valence-corrected chi connectivity index (χ0v) is 9.87. The van der Waals surface area contributed by atoms with Crippen LogP contribution in [-0.4, -0.2) is 35.6 Å². The number of fused-ring (bicyclic) bond motifs is 2. The Morgan fingerprint density at radius 1 is 1.33 bits per heavy atom. The molecule has 1 aromatic carbocycles. The van der Waals surface area contributed by atoms with Crippen LogP contribution < -0.4 is 0 Å². The Hall–Kier alpha value is -1.88. The van der Waals surface area contributed by atoms with Crippen molar-refractivity contribution in [1.29, 1.82) is 0 Å². The molecule has 0 amide bonds. The third-order valence-electron chi connectivity index (χ3n) is 3.71. The second kappa shape index (κ2) is 4.10. The Bertz CT molecular complexity index is 505. The second-order valence-electron chi connectivity index (χ2n) is 4.72. The summed E-state index contributed by atoms with van der Waals surface area (Å²) in [6.07, 6.45) is 2.43. The van der Waals surface area contributed by atoms with E-state index in [9.17, 15) is 4.79 Å². The van der Waals surface area contributed by atoms with Gasteiger partial charge < -0.3 is 9.94 Å². The second-order valence-corrected chi connectivity index (χ2v) is 4.72. The fraction of sp³-hybridized carbons (Fsp3) is 0.385. The van der Waals surface area contributed by atoms with Gasteiger partial charge in [-0.25, -0.2) is 4.79 Å². The smallest absolute Gasteiger partial charge is 0.448 e. The lowest BCUT2D eigenvalue weighted by molar-refractivity contribution is -0.134. The van der Waals surface area contributed by atoms with Crippen LogP contribution in [0.1, 0.15) is 18.4 Å². The van der Waals surface area contributed by atoms with Crippen molar-refractivity contribution in [1.82, 2.24) is 5.06 Å². The Labute approximate surface area is 105 Å². The molecule has 18 heavy (non-hydrogen) atoms. The summed E-state index contributed by atoms with van der Waals surface area (Å²) < 4.78 is 0. The Morgan fingerprint density at radius 3 is 2.78 bits per heavy atom. The topological polar surface area (TPSA) is 62.1 Å². The number of para-hydroxylation sites is 1. The lowest BCUT2D eigenvalue weighted by Gasteiger charge is -2.36. The molecule has 0 unspecified atom stereocenters. The van der Waals surface area contributed by atoms with E-state index in [2.05, 4.69) is 15.9 Å². The summed E-state index contributed by atoms with van der Waals surface area (Å²) >= 11 is 0. The van der Waals surface area contributed by atoms with E-state index in [0.717, 1.165) is 18.5 Å². The van der Waals surface area contributed by atoms with Crippen LogP contribution in [-0.2, 0) is 10.3 Å². The highest BCUT2D eigenvalue weighted by Crippen LogP contribution is 2.43. The molecule has 1 fully saturated rings. The number of nitrogens with zero attached hydrogens (tertiary/aromatic N) is 2. The summed E-state index contributed by atoms with van der Waals surface area (Å²) in [4.78, 5) is 19.6. The number of hydroxylamine groups is 2. The van der Waals surface area contributed by atoms with E-state index in [1.165, 1.54) is 10.6 Å². The van der Waals surface area contributed by atoms with E-state index in [1.54, 1.807) is 0 Å². The van der Waals surface area contributed by atoms with Gasteiger partial charge in [-0.1, -0.05) is 18.2 Å². The van der Waals surface area contributed by atoms with E-state index >= 15 is 0 Å². The maximum Gasteiger partial charge on any atom is 0.525 e. The van der Waals surface area contributed by atoms with Gasteiger partial charge in [0.15, 0.2) is 0 Å². The first-order valence-corrected chi connectivity index (χ1v) is 6.00. The fourth-order valence-corrected chi connectivity index (χ4v) is 2.76. The maximum atomic E-state index is 10.5. The molecule has 0 radical (unpaired) electrons. The van der Waals surface area contributed by atoms with E-state index in [4.69, 9.17) is 5.11 Å². The minimum Gasteiger partial charge on any atom is -0.448 e. The minimum atomic E-state index is -1.24. The van der Waals surface area contributed by atoms with Gasteiger partial charge in [0.25, 0.3) is 0 Å². The predicted molar refractivity (Wildman–Crippen MR) is 66.2 cm³/mol. The number of hydrogen-bond acceptors (Lipinski definition) is 4. The van der Waals surface area contributed by atoms with Crippen LogP contribution in [0.25, 0.3) is 0 Å². The molecule has 0 bridgehead atoms. The molecule has 0 aromatic heterocycles. The van der Waals surface area contributed by atoms with Crippen molar-refractivity contribution < 1.29 is 14.7 Å². The molecule has 2 aliphatic heterocycles. The lowest BCUT2D eigenvalue weighted by atomic mass is 9.75. The van der Waals surface area contributed by atoms with Gasteiger partial charge in [0.2, 0.25) is 0 Å². The molecular weight excluding hydrogens is 232 g/mol. The molecular formula is C13H14N2O3. The van der Waals surface area contributed by atoms with Crippen LogP contribution in [0.5, 0.6) is 0 Å². The third kappa shape index (κ3) is 1.76. The van der Waals surface area contributed by atoms with Crippen molar-refractivity contribution in [3.05, 3.63) is 29.8 Å². The van der Waals surface area contributed by atoms with E-state index in [0.29, 0.717) is 13.1 Å². The number of carboxylic acid groups (broad SMARTS) is 1. The van der Waals surface area contributed by atoms with Crippen LogP contribution in [0.2, 0.25) is 0 Å². The number of carbonyl (C=O) groups is 1. The van der Waals surface area contributed by atoms with Crippen molar-refractivity contribution in [3.8, 4) is 0 Å². The summed E-state index contributed by atoms with van der Waals surface area (Å²) in [5, 5.41) is 10.1. The third-order valence-corrected chi connectivity index (χ3v) is 3.71. The van der Waals surface area contributed by atoms with Gasteiger partial charge in [0, 0.05) is 24.7 Å². The molecule has 3 rings (SSSR count). The quantitative estimate of drug-likeness (QED) is 0.826. The molecule has 5 nitrogen and oxygen atoms in total. The summed E-state index contributed by atoms with van der Waals surface area (Å²) in [5.74, 6) is 0. The zero-order valence-electron chi connectivity index (χ0n) is 9.87. The van der Waals surface area contributed by atoms with Crippen LogP contribution in [0.4, 0.5) is 10.5 Å². The van der Waals surface area contributed by atoms with Crippen molar-refractivity contribution in [2.75, 3.05) is 13.1 Å². The standard InChI is InChI=1S/C13H14N2O3/c16-12(17)18-15-7-5-13(6-8-15)9-14-11-4-2-1-3-10(11)13/h1-4,9H,5-8H2,(H,16,17). The number of hydrogen-bond donors (Lipinski definition) is 1. The lowest BCUT2D eigenvalue weighted by Crippen LogP contribution is -2.43. The van der Waals surface area contributed by atoms with Crippen LogP contribution >= 0.6 is 0 Å². The number of rotatable bonds is 1. The average Bonchev–Trinajstić information content (AvgIpc) is 2.72. The van der Waals surface area contributed by atoms with Gasteiger partial charge in [0.05, 0.1) is 5.69 Å². The molecule has 2 heterocycles. The SMILES string of the molecule is O=C(O)ON1CCC2(C=Nc3ccccc32)CC1. The van der Waals surface area contributed by atoms with Crippen LogP contribution in [0.3, 0.4) is 0 Å². The Balaban J connectivity index is 1.77. The van der Waals surface area contributed by atoms with Crippen molar-refractivity contribution in [3.63, 3.8) is 0 Å². The monoisotopic (exact) mass is 246 g/mol. The molecule has 0 aliphatic carbocycles. The van der Waals surface area contributed by atoms with Gasteiger partial charge in [0.1, 0.15) is 0 Å². The molecule has 94 valence electrons. The molecule has 1 spiro atoms. The van der Waals surface area contributed by atoms with Crippen molar-refractivity contribution >= 4 is 18.1 Å². The first-order chi connectivity index (χ1) is 8.70. The number of aliphatic imine (C=N–C) groups is 1. The molecule has 1 N–H and O–H groups in total. The van der Waals surface area contributed by atoms with Crippen molar-refractivity contribution in [2.24, 2.45) is 4.99 Å². The Morgan fingerprint density at radius 2 is 2.06 bits per heavy atom. The van der Waals surface area contributed by atoms with Gasteiger partial charge in [-0.3, -0.25) is 4.99 Å². The van der Waals surface area contributed by atoms with E-state index in [1.807, 2.05) is 24.4 Å². The van der Waals surface area contributed by atoms with E-state index < -0.39 is 6.16 Å². The van der Waals surface area contributed by atoms with Gasteiger partial charge in [-0.15, -0.1) is 5.06 Å². The van der Waals surface area contributed by atoms with Crippen molar-refractivity contribution in [2.45, 2.75) is 18.3 Å². The number of piperidine rings is 1. The highest BCUT2D eigenvalue weighted by Gasteiger charge is 2.40. The molecule has 0 atom stereocenters. The first kappa shape index (κ1) is 11.2. The highest BCUT2D eigenvalue weighted by molar-refractivity contribution is 5.85. The predicted octanol–water partition coefficient (Wildman–Crippen LogP) is 2.35. The highest BCUT2D eigenvalue weighted by atomic mass is 16.8. The maximum absolute atomic E-state index is 10.5. The molecule has 5 heteroatoms. The number of benzene rings is 1. The van der Waals surface area contributed by atoms with Gasteiger partial charge in [-0.05, 0) is 24.5 Å². The largest absolute Gasteiger partial charge is 0.525 e. The first-order valence-electron chi connectivity index (χ1n) is 6.00.